The second kappa shape index (κ2) is 6.59. The van der Waals surface area contributed by atoms with Crippen molar-refractivity contribution in [3.63, 3.8) is 0 Å². The first-order valence-electron chi connectivity index (χ1n) is 5.67. The number of alkyl halides is 1. The molecule has 19 heavy (non-hydrogen) atoms. The summed E-state index contributed by atoms with van der Waals surface area (Å²) in [7, 11) is 1.87. The smallest absolute Gasteiger partial charge is 0.191 e. The Balaban J connectivity index is 2.23. The summed E-state index contributed by atoms with van der Waals surface area (Å²) in [5.41, 5.74) is 0.741. The van der Waals surface area contributed by atoms with E-state index in [1.807, 2.05) is 11.6 Å². The summed E-state index contributed by atoms with van der Waals surface area (Å²) in [5.74, 6) is 1.74. The van der Waals surface area contributed by atoms with Gasteiger partial charge < -0.3 is 4.57 Å². The van der Waals surface area contributed by atoms with E-state index in [0.29, 0.717) is 11.7 Å². The van der Waals surface area contributed by atoms with Gasteiger partial charge in [0.15, 0.2) is 11.0 Å². The summed E-state index contributed by atoms with van der Waals surface area (Å²) < 4.78 is 15.0. The topological polar surface area (TPSA) is 30.7 Å². The Morgan fingerprint density at radius 3 is 2.84 bits per heavy atom. The van der Waals surface area contributed by atoms with Crippen molar-refractivity contribution in [3.05, 3.63) is 29.0 Å². The fourth-order valence-corrected chi connectivity index (χ4v) is 2.87. The van der Waals surface area contributed by atoms with Crippen LogP contribution in [0.2, 0.25) is 5.02 Å². The minimum atomic E-state index is -0.440. The van der Waals surface area contributed by atoms with Crippen LogP contribution in [-0.2, 0) is 7.05 Å². The highest BCUT2D eigenvalue weighted by Crippen LogP contribution is 2.26. The first-order chi connectivity index (χ1) is 9.13. The quantitative estimate of drug-likeness (QED) is 0.474. The third-order valence-corrected chi connectivity index (χ3v) is 4.19. The molecular formula is C12H12Cl2FN3S. The van der Waals surface area contributed by atoms with Crippen LogP contribution in [0.5, 0.6) is 0 Å². The monoisotopic (exact) mass is 319 g/mol. The molecule has 7 heteroatoms. The van der Waals surface area contributed by atoms with Gasteiger partial charge in [0, 0.05) is 24.2 Å². The van der Waals surface area contributed by atoms with Crippen molar-refractivity contribution >= 4 is 35.0 Å². The number of benzene rings is 1. The lowest BCUT2D eigenvalue weighted by atomic mass is 10.2. The maximum Gasteiger partial charge on any atom is 0.191 e. The van der Waals surface area contributed by atoms with Crippen molar-refractivity contribution in [2.75, 3.05) is 11.6 Å². The van der Waals surface area contributed by atoms with Gasteiger partial charge in [-0.25, -0.2) is 4.39 Å². The molecule has 0 N–H and O–H groups in total. The lowest BCUT2D eigenvalue weighted by molar-refractivity contribution is 0.628. The Morgan fingerprint density at radius 1 is 1.37 bits per heavy atom. The van der Waals surface area contributed by atoms with Crippen LogP contribution in [0.4, 0.5) is 4.39 Å². The van der Waals surface area contributed by atoms with Gasteiger partial charge in [-0.05, 0) is 24.6 Å². The number of rotatable bonds is 5. The highest BCUT2D eigenvalue weighted by Gasteiger charge is 2.12. The van der Waals surface area contributed by atoms with E-state index in [1.54, 1.807) is 23.9 Å². The van der Waals surface area contributed by atoms with Gasteiger partial charge in [-0.15, -0.1) is 21.8 Å². The molecule has 0 unspecified atom stereocenters. The van der Waals surface area contributed by atoms with Crippen LogP contribution in [0.25, 0.3) is 11.4 Å². The molecule has 0 amide bonds. The number of halogens is 3. The molecule has 102 valence electrons. The molecule has 1 aromatic carbocycles. The summed E-state index contributed by atoms with van der Waals surface area (Å²) in [4.78, 5) is 0. The highest BCUT2D eigenvalue weighted by atomic mass is 35.5. The zero-order chi connectivity index (χ0) is 13.8. The van der Waals surface area contributed by atoms with E-state index in [0.717, 1.165) is 22.9 Å². The first-order valence-corrected chi connectivity index (χ1v) is 7.57. The predicted molar refractivity (Wildman–Crippen MR) is 77.5 cm³/mol. The van der Waals surface area contributed by atoms with Gasteiger partial charge in [0.1, 0.15) is 5.82 Å². The fourth-order valence-electron chi connectivity index (χ4n) is 1.55. The van der Waals surface area contributed by atoms with Gasteiger partial charge in [0.05, 0.1) is 5.02 Å². The summed E-state index contributed by atoms with van der Waals surface area (Å²) >= 11 is 13.0. The molecule has 0 saturated carbocycles. The van der Waals surface area contributed by atoms with Gasteiger partial charge in [-0.2, -0.15) is 0 Å². The van der Waals surface area contributed by atoms with E-state index in [4.69, 9.17) is 23.2 Å². The summed E-state index contributed by atoms with van der Waals surface area (Å²) in [6, 6.07) is 4.51. The summed E-state index contributed by atoms with van der Waals surface area (Å²) in [5, 5.41) is 9.11. The van der Waals surface area contributed by atoms with E-state index >= 15 is 0 Å². The molecule has 0 spiro atoms. The number of nitrogens with zero attached hydrogens (tertiary/aromatic N) is 3. The van der Waals surface area contributed by atoms with Crippen molar-refractivity contribution < 1.29 is 4.39 Å². The highest BCUT2D eigenvalue weighted by molar-refractivity contribution is 7.99. The van der Waals surface area contributed by atoms with E-state index in [-0.39, 0.29) is 5.02 Å². The molecule has 2 rings (SSSR count). The molecule has 0 bridgehead atoms. The van der Waals surface area contributed by atoms with Gasteiger partial charge in [0.2, 0.25) is 0 Å². The number of thioether (sulfide) groups is 1. The maximum absolute atomic E-state index is 13.1. The number of hydrogen-bond acceptors (Lipinski definition) is 3. The van der Waals surface area contributed by atoms with Gasteiger partial charge in [-0.1, -0.05) is 23.4 Å². The largest absolute Gasteiger partial charge is 0.305 e. The van der Waals surface area contributed by atoms with E-state index in [2.05, 4.69) is 10.2 Å². The Hall–Kier alpha value is -0.780. The molecule has 0 saturated heterocycles. The van der Waals surface area contributed by atoms with Crippen LogP contribution in [0, 0.1) is 5.82 Å². The minimum absolute atomic E-state index is 0.0804. The summed E-state index contributed by atoms with van der Waals surface area (Å²) in [6.45, 7) is 0. The van der Waals surface area contributed by atoms with Gasteiger partial charge in [0.25, 0.3) is 0 Å². The van der Waals surface area contributed by atoms with Crippen LogP contribution < -0.4 is 0 Å². The molecular weight excluding hydrogens is 308 g/mol. The summed E-state index contributed by atoms with van der Waals surface area (Å²) in [6.07, 6.45) is 0.913. The number of hydrogen-bond donors (Lipinski definition) is 0. The van der Waals surface area contributed by atoms with Crippen LogP contribution in [0.15, 0.2) is 23.4 Å². The molecule has 0 aliphatic rings. The van der Waals surface area contributed by atoms with E-state index in [1.165, 1.54) is 6.07 Å². The minimum Gasteiger partial charge on any atom is -0.305 e. The van der Waals surface area contributed by atoms with Crippen molar-refractivity contribution in [1.29, 1.82) is 0 Å². The third kappa shape index (κ3) is 3.41. The molecule has 2 aromatic rings. The zero-order valence-electron chi connectivity index (χ0n) is 10.2. The Morgan fingerprint density at radius 2 is 2.16 bits per heavy atom. The molecule has 0 radical (unpaired) electrons. The van der Waals surface area contributed by atoms with E-state index < -0.39 is 5.82 Å². The molecule has 0 aliphatic heterocycles. The standard InChI is InChI=1S/C12H12Cl2FN3S/c1-18-11(8-3-4-10(15)9(14)7-8)16-17-12(18)19-6-2-5-13/h3-4,7H,2,5-6H2,1H3. The zero-order valence-corrected chi connectivity index (χ0v) is 12.6. The molecule has 1 aromatic heterocycles. The Labute approximate surface area is 125 Å². The van der Waals surface area contributed by atoms with Crippen LogP contribution >= 0.6 is 35.0 Å². The van der Waals surface area contributed by atoms with Gasteiger partial charge in [-0.3, -0.25) is 0 Å². The van der Waals surface area contributed by atoms with Crippen molar-refractivity contribution in [2.24, 2.45) is 7.05 Å². The van der Waals surface area contributed by atoms with Gasteiger partial charge >= 0.3 is 0 Å². The normalized spacial score (nSPS) is 10.9. The van der Waals surface area contributed by atoms with Crippen LogP contribution in [-0.4, -0.2) is 26.4 Å². The lowest BCUT2D eigenvalue weighted by Gasteiger charge is -2.04. The molecule has 0 fully saturated rings. The average molecular weight is 320 g/mol. The SMILES string of the molecule is Cn1c(SCCCCl)nnc1-c1ccc(F)c(Cl)c1. The third-order valence-electron chi connectivity index (χ3n) is 2.52. The number of aromatic nitrogens is 3. The van der Waals surface area contributed by atoms with Crippen molar-refractivity contribution in [2.45, 2.75) is 11.6 Å². The first kappa shape index (κ1) is 14.6. The van der Waals surface area contributed by atoms with Crippen LogP contribution in [0.1, 0.15) is 6.42 Å². The molecule has 0 atom stereocenters. The Bertz CT molecular complexity index is 574. The van der Waals surface area contributed by atoms with Crippen molar-refractivity contribution in [3.8, 4) is 11.4 Å². The molecule has 3 nitrogen and oxygen atoms in total. The van der Waals surface area contributed by atoms with Crippen molar-refractivity contribution in [1.82, 2.24) is 14.8 Å². The predicted octanol–water partition coefficient (Wildman–Crippen LogP) is 4.00. The lowest BCUT2D eigenvalue weighted by Crippen LogP contribution is -1.96. The van der Waals surface area contributed by atoms with E-state index in [9.17, 15) is 4.39 Å². The average Bonchev–Trinajstić information content (AvgIpc) is 2.75. The van der Waals surface area contributed by atoms with Crippen LogP contribution in [0.3, 0.4) is 0 Å². The Kier molecular flexibility index (Phi) is 5.07. The maximum atomic E-state index is 13.1. The molecule has 0 aliphatic carbocycles. The molecule has 1 heterocycles. The second-order valence-corrected chi connectivity index (χ2v) is 5.73. The fraction of sp³-hybridized carbons (Fsp3) is 0.333. The second-order valence-electron chi connectivity index (χ2n) is 3.89.